The van der Waals surface area contributed by atoms with Crippen molar-refractivity contribution >= 4 is 124 Å². The lowest BCUT2D eigenvalue weighted by Crippen LogP contribution is -2.59. The summed E-state index contributed by atoms with van der Waals surface area (Å²) in [7, 11) is 0. The predicted molar refractivity (Wildman–Crippen MR) is 204 cm³/mol. The van der Waals surface area contributed by atoms with E-state index < -0.39 is 0 Å². The molecule has 2 aliphatic heterocycles. The van der Waals surface area contributed by atoms with Crippen molar-refractivity contribution in [1.82, 2.24) is 4.57 Å². The number of hydrogen-bond donors (Lipinski definition) is 0. The molecule has 0 fully saturated rings. The van der Waals surface area contributed by atoms with Gasteiger partial charge in [0.25, 0.3) is 0 Å². The highest BCUT2D eigenvalue weighted by Crippen LogP contribution is 2.41. The van der Waals surface area contributed by atoms with Gasteiger partial charge in [0.05, 0.1) is 11.0 Å². The van der Waals surface area contributed by atoms with Crippen LogP contribution in [0.25, 0.3) is 49.0 Å². The van der Waals surface area contributed by atoms with Crippen LogP contribution in [0, 0.1) is 0 Å². The van der Waals surface area contributed by atoms with E-state index in [4.69, 9.17) is 0 Å². The lowest BCUT2D eigenvalue weighted by Gasteiger charge is -2.32. The molecule has 1 nitrogen and oxygen atoms in total. The molecule has 2 aliphatic rings. The summed E-state index contributed by atoms with van der Waals surface area (Å²) in [6.07, 6.45) is 0. The second-order valence-electron chi connectivity index (χ2n) is 12.5. The van der Waals surface area contributed by atoms with Crippen LogP contribution in [0.1, 0.15) is 0 Å². The first kappa shape index (κ1) is 25.7. The van der Waals surface area contributed by atoms with Crippen LogP contribution in [0.5, 0.6) is 0 Å². The maximum atomic E-state index is 2.62. The normalized spacial score (nSPS) is 13.5. The van der Waals surface area contributed by atoms with Gasteiger partial charge in [0.2, 0.25) is 13.4 Å². The van der Waals surface area contributed by atoms with Crippen LogP contribution in [0.3, 0.4) is 0 Å². The zero-order chi connectivity index (χ0) is 29.9. The summed E-state index contributed by atoms with van der Waals surface area (Å²) in [6.45, 7) is 0.360. The fraction of sp³-hybridized carbons (Fsp3) is 0. The number of benzene rings is 6. The monoisotopic (exact) mass is 635 g/mol. The third-order valence-corrected chi connectivity index (χ3v) is 12.8. The quantitative estimate of drug-likeness (QED) is 0.185. The van der Waals surface area contributed by atoms with Crippen molar-refractivity contribution in [2.45, 2.75) is 9.79 Å². The van der Waals surface area contributed by atoms with Crippen LogP contribution in [0.4, 0.5) is 0 Å². The maximum Gasteiger partial charge on any atom is 0.247 e. The third-order valence-electron chi connectivity index (χ3n) is 10.2. The van der Waals surface area contributed by atoms with E-state index in [1.807, 2.05) is 11.8 Å². The third kappa shape index (κ3) is 3.39. The topological polar surface area (TPSA) is 4.93 Å². The molecule has 0 radical (unpaired) electrons. The number of rotatable bonds is 2. The van der Waals surface area contributed by atoms with Crippen LogP contribution in [-0.4, -0.2) is 18.0 Å². The lowest BCUT2D eigenvalue weighted by atomic mass is 9.34. The first-order chi connectivity index (χ1) is 22.8. The summed E-state index contributed by atoms with van der Waals surface area (Å²) in [5.41, 5.74) is 12.3. The van der Waals surface area contributed by atoms with Gasteiger partial charge in [0.15, 0.2) is 0 Å². The predicted octanol–water partition coefficient (Wildman–Crippen LogP) is 7.02. The van der Waals surface area contributed by atoms with Crippen molar-refractivity contribution in [3.05, 3.63) is 137 Å². The van der Waals surface area contributed by atoms with E-state index in [0.29, 0.717) is 0 Å². The average molecular weight is 635 g/mol. The number of nitrogens with zero attached hydrogens (tertiary/aromatic N) is 1. The maximum absolute atomic E-state index is 2.62. The molecule has 0 atom stereocenters. The molecule has 9 aromatic rings. The van der Waals surface area contributed by atoms with Gasteiger partial charge in [-0.1, -0.05) is 131 Å². The van der Waals surface area contributed by atoms with Crippen LogP contribution in [0.2, 0.25) is 0 Å². The van der Waals surface area contributed by atoms with Crippen molar-refractivity contribution in [2.24, 2.45) is 0 Å². The van der Waals surface area contributed by atoms with Gasteiger partial charge in [0.1, 0.15) is 0 Å². The van der Waals surface area contributed by atoms with Crippen molar-refractivity contribution in [2.75, 3.05) is 0 Å². The van der Waals surface area contributed by atoms with Crippen molar-refractivity contribution in [3.8, 4) is 5.69 Å². The second-order valence-corrected chi connectivity index (χ2v) is 15.1. The van der Waals surface area contributed by atoms with Gasteiger partial charge in [-0.2, -0.15) is 22.7 Å². The molecule has 46 heavy (non-hydrogen) atoms. The van der Waals surface area contributed by atoms with Crippen LogP contribution in [0.15, 0.2) is 147 Å². The molecule has 0 unspecified atom stereocenters. The van der Waals surface area contributed by atoms with Gasteiger partial charge < -0.3 is 4.57 Å². The van der Waals surface area contributed by atoms with Gasteiger partial charge >= 0.3 is 0 Å². The number of fused-ring (bicyclic) bond motifs is 11. The van der Waals surface area contributed by atoms with Crippen molar-refractivity contribution in [1.29, 1.82) is 0 Å². The largest absolute Gasteiger partial charge is 0.310 e. The Morgan fingerprint density at radius 1 is 0.500 bits per heavy atom. The van der Waals surface area contributed by atoms with Gasteiger partial charge in [-0.3, -0.25) is 0 Å². The van der Waals surface area contributed by atoms with E-state index in [9.17, 15) is 0 Å². The highest BCUT2D eigenvalue weighted by atomic mass is 32.2. The lowest BCUT2D eigenvalue weighted by molar-refractivity contribution is 1.19. The minimum absolute atomic E-state index is 0.152. The van der Waals surface area contributed by atoms with E-state index >= 15 is 0 Å². The molecule has 6 heteroatoms. The van der Waals surface area contributed by atoms with Crippen molar-refractivity contribution in [3.63, 3.8) is 0 Å². The molecule has 0 saturated heterocycles. The second kappa shape index (κ2) is 9.52. The first-order valence-corrected chi connectivity index (χ1v) is 18.4. The molecular formula is C40H23B2NS3. The summed E-state index contributed by atoms with van der Waals surface area (Å²) in [6, 6.07) is 43.8. The van der Waals surface area contributed by atoms with E-state index in [-0.39, 0.29) is 13.4 Å². The Kier molecular flexibility index (Phi) is 5.32. The fourth-order valence-corrected chi connectivity index (χ4v) is 10.9. The molecule has 3 aromatic heterocycles. The summed E-state index contributed by atoms with van der Waals surface area (Å²) in [5.74, 6) is 0. The summed E-state index contributed by atoms with van der Waals surface area (Å²) in [4.78, 5) is 2.73. The SMILES string of the molecule is c1ccc2c(c1)Sc1cc3c(cc1B2c1ccsc1)-n1c2ccc4ccccc4c2c2c4ccccc4cc(c21)B3c1ccsc1. The van der Waals surface area contributed by atoms with Gasteiger partial charge in [0, 0.05) is 26.3 Å². The zero-order valence-corrected chi connectivity index (χ0v) is 27.1. The number of hydrogen-bond acceptors (Lipinski definition) is 3. The minimum atomic E-state index is 0.152. The molecule has 0 bridgehead atoms. The van der Waals surface area contributed by atoms with E-state index in [0.717, 1.165) is 0 Å². The average Bonchev–Trinajstić information content (AvgIpc) is 3.89. The molecule has 11 rings (SSSR count). The molecule has 0 aliphatic carbocycles. The Labute approximate surface area is 279 Å². The van der Waals surface area contributed by atoms with E-state index in [2.05, 4.69) is 141 Å². The molecule has 0 amide bonds. The van der Waals surface area contributed by atoms with Gasteiger partial charge in [-0.05, 0) is 72.2 Å². The van der Waals surface area contributed by atoms with Crippen LogP contribution < -0.4 is 32.8 Å². The zero-order valence-electron chi connectivity index (χ0n) is 24.6. The highest BCUT2D eigenvalue weighted by Gasteiger charge is 2.39. The van der Waals surface area contributed by atoms with Crippen molar-refractivity contribution < 1.29 is 0 Å². The van der Waals surface area contributed by atoms with Gasteiger partial charge in [-0.25, -0.2) is 0 Å². The Bertz CT molecular complexity index is 2690. The summed E-state index contributed by atoms with van der Waals surface area (Å²) >= 11 is 5.52. The standard InChI is InChI=1S/C40H23B2NS3/c1-3-9-28-24(7-1)13-14-34-38(28)39-29-10-4-2-8-25(29)19-33-40(39)43(34)35-20-32-37(21-31(35)42(33)27-16-18-45-23-27)46-36-12-6-5-11-30(36)41(32)26-15-17-44-22-26/h1-23H. The first-order valence-electron chi connectivity index (χ1n) is 15.7. The summed E-state index contributed by atoms with van der Waals surface area (Å²) in [5, 5.41) is 17.1. The minimum Gasteiger partial charge on any atom is -0.310 e. The number of aromatic nitrogens is 1. The van der Waals surface area contributed by atoms with Gasteiger partial charge in [-0.15, -0.1) is 0 Å². The van der Waals surface area contributed by atoms with E-state index in [1.165, 1.54) is 91.6 Å². The molecule has 0 N–H and O–H groups in total. The molecule has 6 aromatic carbocycles. The smallest absolute Gasteiger partial charge is 0.247 e. The van der Waals surface area contributed by atoms with Crippen LogP contribution in [-0.2, 0) is 0 Å². The highest BCUT2D eigenvalue weighted by molar-refractivity contribution is 8.00. The molecule has 5 heterocycles. The van der Waals surface area contributed by atoms with Crippen LogP contribution >= 0.6 is 34.4 Å². The molecule has 212 valence electrons. The molecule has 0 saturated carbocycles. The Balaban J connectivity index is 1.34. The number of thiophene rings is 2. The summed E-state index contributed by atoms with van der Waals surface area (Å²) < 4.78 is 2.62. The van der Waals surface area contributed by atoms with E-state index in [1.54, 1.807) is 22.7 Å². The fourth-order valence-electron chi connectivity index (χ4n) is 8.35. The Hall–Kier alpha value is -4.48. The Morgan fingerprint density at radius 2 is 1.20 bits per heavy atom. The Morgan fingerprint density at radius 3 is 1.98 bits per heavy atom. The molecule has 0 spiro atoms. The molecular weight excluding hydrogens is 612 g/mol.